The number of benzene rings is 1. The standard InChI is InChI=1S/C25H29FN6O2/c1-31-8-10-32(11-9-31)12-13-34-25-15-23(26)22(17-29-25)20-4-2-19(3-5-20)14-24(33)28-16-21-6-7-27-18-30-21/h2-7,15,17-18H,8-14,16H2,1H3,(H,28,33). The van der Waals surface area contributed by atoms with E-state index in [0.717, 1.165) is 44.0 Å². The zero-order valence-electron chi connectivity index (χ0n) is 19.3. The van der Waals surface area contributed by atoms with Gasteiger partial charge in [0.25, 0.3) is 0 Å². The van der Waals surface area contributed by atoms with E-state index in [1.54, 1.807) is 24.4 Å². The molecule has 1 aliphatic rings. The zero-order valence-corrected chi connectivity index (χ0v) is 19.3. The van der Waals surface area contributed by atoms with Crippen LogP contribution in [0.5, 0.6) is 5.88 Å². The summed E-state index contributed by atoms with van der Waals surface area (Å²) in [5.41, 5.74) is 2.67. The van der Waals surface area contributed by atoms with Crippen LogP contribution in [0, 0.1) is 5.82 Å². The first kappa shape index (κ1) is 23.7. The molecule has 0 unspecified atom stereocenters. The third-order valence-electron chi connectivity index (χ3n) is 5.82. The number of likely N-dealkylation sites (N-methyl/N-ethyl adjacent to an activating group) is 1. The maximum absolute atomic E-state index is 14.7. The molecule has 0 aliphatic carbocycles. The van der Waals surface area contributed by atoms with E-state index in [1.165, 1.54) is 18.6 Å². The molecule has 1 aromatic carbocycles. The van der Waals surface area contributed by atoms with Gasteiger partial charge in [-0.3, -0.25) is 9.69 Å². The number of halogens is 1. The van der Waals surface area contributed by atoms with Gasteiger partial charge < -0.3 is 15.0 Å². The van der Waals surface area contributed by atoms with Crippen LogP contribution in [0.25, 0.3) is 11.1 Å². The lowest BCUT2D eigenvalue weighted by Crippen LogP contribution is -2.45. The van der Waals surface area contributed by atoms with E-state index >= 15 is 0 Å². The second-order valence-corrected chi connectivity index (χ2v) is 8.35. The van der Waals surface area contributed by atoms with E-state index in [9.17, 15) is 9.18 Å². The molecule has 4 rings (SSSR count). The SMILES string of the molecule is CN1CCN(CCOc2cc(F)c(-c3ccc(CC(=O)NCc4ccncn4)cc3)cn2)CC1. The highest BCUT2D eigenvalue weighted by Crippen LogP contribution is 2.25. The Hall–Kier alpha value is -3.43. The third-order valence-corrected chi connectivity index (χ3v) is 5.82. The van der Waals surface area contributed by atoms with Crippen molar-refractivity contribution in [1.82, 2.24) is 30.1 Å². The molecule has 1 N–H and O–H groups in total. The summed E-state index contributed by atoms with van der Waals surface area (Å²) in [5, 5.41) is 2.83. The van der Waals surface area contributed by atoms with Crippen LogP contribution in [0.15, 0.2) is 55.1 Å². The van der Waals surface area contributed by atoms with Gasteiger partial charge in [0.15, 0.2) is 0 Å². The van der Waals surface area contributed by atoms with E-state index in [1.807, 2.05) is 12.1 Å². The van der Waals surface area contributed by atoms with Crippen molar-refractivity contribution in [2.75, 3.05) is 46.4 Å². The van der Waals surface area contributed by atoms with E-state index in [4.69, 9.17) is 4.74 Å². The molecule has 8 nitrogen and oxygen atoms in total. The highest BCUT2D eigenvalue weighted by Gasteiger charge is 2.14. The lowest BCUT2D eigenvalue weighted by Gasteiger charge is -2.32. The second kappa shape index (κ2) is 11.6. The average molecular weight is 465 g/mol. The molecule has 1 amide bonds. The number of pyridine rings is 1. The predicted octanol–water partition coefficient (Wildman–Crippen LogP) is 2.16. The van der Waals surface area contributed by atoms with Crippen molar-refractivity contribution in [1.29, 1.82) is 0 Å². The van der Waals surface area contributed by atoms with Crippen molar-refractivity contribution in [3.8, 4) is 17.0 Å². The molecule has 0 radical (unpaired) electrons. The Kier molecular flexibility index (Phi) is 8.11. The van der Waals surface area contributed by atoms with Crippen molar-refractivity contribution in [3.05, 3.63) is 72.2 Å². The minimum absolute atomic E-state index is 0.114. The smallest absolute Gasteiger partial charge is 0.224 e. The second-order valence-electron chi connectivity index (χ2n) is 8.35. The first-order chi connectivity index (χ1) is 16.6. The summed E-state index contributed by atoms with van der Waals surface area (Å²) >= 11 is 0. The lowest BCUT2D eigenvalue weighted by atomic mass is 10.0. The molecule has 178 valence electrons. The molecule has 34 heavy (non-hydrogen) atoms. The zero-order chi connectivity index (χ0) is 23.8. The quantitative estimate of drug-likeness (QED) is 0.520. The monoisotopic (exact) mass is 464 g/mol. The topological polar surface area (TPSA) is 83.5 Å². The van der Waals surface area contributed by atoms with Crippen LogP contribution in [0.4, 0.5) is 4.39 Å². The number of carbonyl (C=O) groups is 1. The molecular formula is C25H29FN6O2. The van der Waals surface area contributed by atoms with E-state index in [0.29, 0.717) is 24.3 Å². The summed E-state index contributed by atoms with van der Waals surface area (Å²) in [7, 11) is 2.12. The number of ether oxygens (including phenoxy) is 1. The van der Waals surface area contributed by atoms with Crippen LogP contribution in [-0.2, 0) is 17.8 Å². The molecule has 3 heterocycles. The summed E-state index contributed by atoms with van der Waals surface area (Å²) in [6.07, 6.45) is 4.80. The van der Waals surface area contributed by atoms with Gasteiger partial charge in [-0.25, -0.2) is 19.3 Å². The number of nitrogens with one attached hydrogen (secondary N) is 1. The fourth-order valence-electron chi connectivity index (χ4n) is 3.72. The van der Waals surface area contributed by atoms with Crippen LogP contribution in [-0.4, -0.2) is 77.0 Å². The van der Waals surface area contributed by atoms with Crippen molar-refractivity contribution in [2.24, 2.45) is 0 Å². The van der Waals surface area contributed by atoms with Crippen LogP contribution < -0.4 is 10.1 Å². The number of hydrogen-bond donors (Lipinski definition) is 1. The number of piperazine rings is 1. The summed E-state index contributed by atoms with van der Waals surface area (Å²) in [6, 6.07) is 10.3. The molecule has 0 bridgehead atoms. The molecule has 1 saturated heterocycles. The lowest BCUT2D eigenvalue weighted by molar-refractivity contribution is -0.120. The Morgan fingerprint density at radius 2 is 1.91 bits per heavy atom. The van der Waals surface area contributed by atoms with Gasteiger partial charge in [0, 0.05) is 56.7 Å². The third kappa shape index (κ3) is 6.79. The van der Waals surface area contributed by atoms with Gasteiger partial charge in [-0.1, -0.05) is 24.3 Å². The number of aromatic nitrogens is 3. The molecule has 0 saturated carbocycles. The highest BCUT2D eigenvalue weighted by atomic mass is 19.1. The van der Waals surface area contributed by atoms with Gasteiger partial charge in [-0.05, 0) is 24.2 Å². The normalized spacial score (nSPS) is 14.6. The van der Waals surface area contributed by atoms with Crippen molar-refractivity contribution < 1.29 is 13.9 Å². The summed E-state index contributed by atoms with van der Waals surface area (Å²) < 4.78 is 20.4. The molecule has 3 aromatic rings. The maximum atomic E-state index is 14.7. The number of hydrogen-bond acceptors (Lipinski definition) is 7. The Morgan fingerprint density at radius 3 is 2.62 bits per heavy atom. The van der Waals surface area contributed by atoms with Crippen LogP contribution in [0.2, 0.25) is 0 Å². The minimum Gasteiger partial charge on any atom is -0.476 e. The van der Waals surface area contributed by atoms with Gasteiger partial charge in [0.2, 0.25) is 11.8 Å². The summed E-state index contributed by atoms with van der Waals surface area (Å²) in [4.78, 5) is 29.0. The van der Waals surface area contributed by atoms with Crippen LogP contribution in [0.3, 0.4) is 0 Å². The van der Waals surface area contributed by atoms with Gasteiger partial charge in [-0.15, -0.1) is 0 Å². The van der Waals surface area contributed by atoms with Crippen LogP contribution in [0.1, 0.15) is 11.3 Å². The number of amides is 1. The van der Waals surface area contributed by atoms with Gasteiger partial charge in [0.1, 0.15) is 18.8 Å². The Morgan fingerprint density at radius 1 is 1.12 bits per heavy atom. The minimum atomic E-state index is -0.389. The maximum Gasteiger partial charge on any atom is 0.224 e. The number of nitrogens with zero attached hydrogens (tertiary/aromatic N) is 5. The van der Waals surface area contributed by atoms with Crippen molar-refractivity contribution in [3.63, 3.8) is 0 Å². The fraction of sp³-hybridized carbons (Fsp3) is 0.360. The largest absolute Gasteiger partial charge is 0.476 e. The Labute approximate surface area is 198 Å². The van der Waals surface area contributed by atoms with Gasteiger partial charge in [-0.2, -0.15) is 0 Å². The molecule has 0 spiro atoms. The molecule has 1 fully saturated rings. The Balaban J connectivity index is 1.26. The number of rotatable bonds is 9. The van der Waals surface area contributed by atoms with Gasteiger partial charge in [0.05, 0.1) is 18.7 Å². The molecule has 9 heteroatoms. The van der Waals surface area contributed by atoms with E-state index < -0.39 is 0 Å². The summed E-state index contributed by atoms with van der Waals surface area (Å²) in [5.74, 6) is -0.218. The van der Waals surface area contributed by atoms with Crippen molar-refractivity contribution >= 4 is 5.91 Å². The first-order valence-electron chi connectivity index (χ1n) is 11.4. The van der Waals surface area contributed by atoms with Gasteiger partial charge >= 0.3 is 0 Å². The highest BCUT2D eigenvalue weighted by molar-refractivity contribution is 5.78. The molecule has 0 atom stereocenters. The first-order valence-corrected chi connectivity index (χ1v) is 11.4. The van der Waals surface area contributed by atoms with E-state index in [2.05, 4.69) is 37.1 Å². The fourth-order valence-corrected chi connectivity index (χ4v) is 3.72. The predicted molar refractivity (Wildman–Crippen MR) is 127 cm³/mol. The molecule has 1 aliphatic heterocycles. The average Bonchev–Trinajstić information content (AvgIpc) is 2.85. The summed E-state index contributed by atoms with van der Waals surface area (Å²) in [6.45, 7) is 5.75. The van der Waals surface area contributed by atoms with Crippen molar-refractivity contribution in [2.45, 2.75) is 13.0 Å². The van der Waals surface area contributed by atoms with Crippen LogP contribution >= 0.6 is 0 Å². The molecule has 2 aromatic heterocycles. The molecular weight excluding hydrogens is 435 g/mol. The Bertz CT molecular complexity index is 1070. The van der Waals surface area contributed by atoms with E-state index in [-0.39, 0.29) is 24.0 Å². The number of carbonyl (C=O) groups excluding carboxylic acids is 1.